The van der Waals surface area contributed by atoms with E-state index in [4.69, 9.17) is 10.5 Å². The van der Waals surface area contributed by atoms with Crippen LogP contribution in [0, 0.1) is 11.3 Å². The fourth-order valence-electron chi connectivity index (χ4n) is 2.47. The number of rotatable bonds is 2. The third-order valence-corrected chi connectivity index (χ3v) is 4.48. The average Bonchev–Trinajstić information content (AvgIpc) is 2.98. The third kappa shape index (κ3) is 2.24. The smallest absolute Gasteiger partial charge is 0.205 e. The molecule has 21 heavy (non-hydrogen) atoms. The van der Waals surface area contributed by atoms with E-state index in [1.165, 1.54) is 0 Å². The second-order valence-electron chi connectivity index (χ2n) is 5.06. The second kappa shape index (κ2) is 5.15. The van der Waals surface area contributed by atoms with E-state index in [2.05, 4.69) is 6.07 Å². The molecule has 0 radical (unpaired) electrons. The molecule has 1 unspecified atom stereocenters. The Labute approximate surface area is 127 Å². The van der Waals surface area contributed by atoms with Gasteiger partial charge in [0.1, 0.15) is 17.4 Å². The van der Waals surface area contributed by atoms with E-state index < -0.39 is 0 Å². The summed E-state index contributed by atoms with van der Waals surface area (Å²) in [5.41, 5.74) is 8.44. The van der Waals surface area contributed by atoms with Gasteiger partial charge in [-0.2, -0.15) is 5.26 Å². The summed E-state index contributed by atoms with van der Waals surface area (Å²) in [4.78, 5) is 3.10. The first-order chi connectivity index (χ1) is 10.1. The molecule has 1 aliphatic heterocycles. The van der Waals surface area contributed by atoms with E-state index in [1.807, 2.05) is 54.7 Å². The van der Waals surface area contributed by atoms with Gasteiger partial charge in [0.15, 0.2) is 0 Å². The van der Waals surface area contributed by atoms with Crippen molar-refractivity contribution in [2.24, 2.45) is 5.73 Å². The monoisotopic (exact) mass is 297 g/mol. The number of hydrogen-bond donors (Lipinski definition) is 1. The van der Waals surface area contributed by atoms with Crippen LogP contribution in [0.2, 0.25) is 0 Å². The number of allylic oxidation sites excluding steroid dienone is 1. The number of fused-ring (bicyclic) bond motifs is 1. The fourth-order valence-corrected chi connectivity index (χ4v) is 3.32. The number of anilines is 1. The lowest BCUT2D eigenvalue weighted by atomic mass is 9.88. The molecule has 0 aliphatic carbocycles. The Morgan fingerprint density at radius 1 is 1.33 bits per heavy atom. The summed E-state index contributed by atoms with van der Waals surface area (Å²) in [5, 5.41) is 11.4. The zero-order valence-corrected chi connectivity index (χ0v) is 12.6. The molecular formula is C16H15N3OS. The molecule has 1 aromatic carbocycles. The molecule has 5 heteroatoms. The summed E-state index contributed by atoms with van der Waals surface area (Å²) in [5.74, 6) is 0.769. The molecule has 1 atom stereocenters. The number of ether oxygens (including phenoxy) is 1. The van der Waals surface area contributed by atoms with E-state index in [1.54, 1.807) is 11.3 Å². The van der Waals surface area contributed by atoms with Gasteiger partial charge in [-0.1, -0.05) is 12.1 Å². The first-order valence-corrected chi connectivity index (χ1v) is 7.42. The van der Waals surface area contributed by atoms with Crippen LogP contribution in [-0.4, -0.2) is 14.1 Å². The van der Waals surface area contributed by atoms with Gasteiger partial charge in [-0.15, -0.1) is 11.3 Å². The lowest BCUT2D eigenvalue weighted by molar-refractivity contribution is 0.394. The molecule has 106 valence electrons. The fraction of sp³-hybridized carbons (Fsp3) is 0.188. The number of nitrogens with two attached hydrogens (primary N) is 1. The van der Waals surface area contributed by atoms with Crippen molar-refractivity contribution < 1.29 is 4.74 Å². The van der Waals surface area contributed by atoms with E-state index in [-0.39, 0.29) is 11.8 Å². The molecule has 0 saturated carbocycles. The molecule has 1 aromatic heterocycles. The highest BCUT2D eigenvalue weighted by Gasteiger charge is 2.31. The van der Waals surface area contributed by atoms with Gasteiger partial charge in [-0.25, -0.2) is 0 Å². The van der Waals surface area contributed by atoms with Crippen molar-refractivity contribution in [1.29, 1.82) is 5.26 Å². The lowest BCUT2D eigenvalue weighted by Gasteiger charge is -2.26. The van der Waals surface area contributed by atoms with E-state index >= 15 is 0 Å². The quantitative estimate of drug-likeness (QED) is 0.925. The van der Waals surface area contributed by atoms with Crippen LogP contribution in [0.15, 0.2) is 47.2 Å². The van der Waals surface area contributed by atoms with Gasteiger partial charge >= 0.3 is 0 Å². The van der Waals surface area contributed by atoms with Crippen molar-refractivity contribution in [3.05, 3.63) is 57.6 Å². The summed E-state index contributed by atoms with van der Waals surface area (Å²) in [6, 6.07) is 12.2. The Kier molecular flexibility index (Phi) is 3.32. The maximum absolute atomic E-state index is 9.43. The van der Waals surface area contributed by atoms with Crippen molar-refractivity contribution in [2.75, 3.05) is 19.0 Å². The van der Waals surface area contributed by atoms with Crippen molar-refractivity contribution in [3.63, 3.8) is 0 Å². The Balaban J connectivity index is 2.17. The van der Waals surface area contributed by atoms with Gasteiger partial charge in [0, 0.05) is 36.3 Å². The van der Waals surface area contributed by atoms with Crippen molar-refractivity contribution in [1.82, 2.24) is 0 Å². The Bertz CT molecular complexity index is 741. The van der Waals surface area contributed by atoms with Gasteiger partial charge in [0.05, 0.1) is 5.92 Å². The van der Waals surface area contributed by atoms with E-state index in [0.29, 0.717) is 5.57 Å². The molecule has 3 rings (SSSR count). The lowest BCUT2D eigenvalue weighted by Crippen LogP contribution is -2.21. The maximum atomic E-state index is 9.43. The van der Waals surface area contributed by atoms with Crippen LogP contribution in [0.4, 0.5) is 5.69 Å². The minimum Gasteiger partial charge on any atom is -0.440 e. The number of nitriles is 1. The highest BCUT2D eigenvalue weighted by atomic mass is 32.1. The minimum atomic E-state index is -0.144. The molecule has 0 saturated heterocycles. The number of hydrogen-bond acceptors (Lipinski definition) is 5. The molecule has 1 aliphatic rings. The summed E-state index contributed by atoms with van der Waals surface area (Å²) >= 11 is 1.62. The second-order valence-corrected chi connectivity index (χ2v) is 6.04. The number of nitrogens with zero attached hydrogens (tertiary/aromatic N) is 2. The molecule has 0 amide bonds. The zero-order chi connectivity index (χ0) is 15.0. The van der Waals surface area contributed by atoms with Crippen LogP contribution in [0.1, 0.15) is 16.4 Å². The van der Waals surface area contributed by atoms with Crippen LogP contribution < -0.4 is 15.4 Å². The topological polar surface area (TPSA) is 62.3 Å². The van der Waals surface area contributed by atoms with Crippen LogP contribution >= 0.6 is 11.3 Å². The van der Waals surface area contributed by atoms with Gasteiger partial charge in [0.25, 0.3) is 0 Å². The highest BCUT2D eigenvalue weighted by molar-refractivity contribution is 7.10. The predicted molar refractivity (Wildman–Crippen MR) is 84.4 cm³/mol. The molecule has 2 heterocycles. The zero-order valence-electron chi connectivity index (χ0n) is 11.8. The summed E-state index contributed by atoms with van der Waals surface area (Å²) in [6.07, 6.45) is 0. The van der Waals surface area contributed by atoms with Crippen molar-refractivity contribution >= 4 is 17.0 Å². The van der Waals surface area contributed by atoms with Gasteiger partial charge in [-0.05, 0) is 17.5 Å². The van der Waals surface area contributed by atoms with E-state index in [0.717, 1.165) is 21.9 Å². The first kappa shape index (κ1) is 13.5. The molecule has 0 bridgehead atoms. The molecule has 0 fully saturated rings. The largest absolute Gasteiger partial charge is 0.440 e. The third-order valence-electron chi connectivity index (χ3n) is 3.55. The van der Waals surface area contributed by atoms with Crippen LogP contribution in [0.5, 0.6) is 5.75 Å². The Hall–Kier alpha value is -2.45. The van der Waals surface area contributed by atoms with Crippen molar-refractivity contribution in [3.8, 4) is 11.8 Å². The van der Waals surface area contributed by atoms with E-state index in [9.17, 15) is 5.26 Å². The molecular weight excluding hydrogens is 282 g/mol. The molecule has 2 aromatic rings. The average molecular weight is 297 g/mol. The molecule has 2 N–H and O–H groups in total. The van der Waals surface area contributed by atoms with Crippen LogP contribution in [0.3, 0.4) is 0 Å². The van der Waals surface area contributed by atoms with Crippen LogP contribution in [0.25, 0.3) is 0 Å². The standard InChI is InChI=1S/C16H15N3OS/c1-19(2)10-5-6-11-13(8-10)20-16(18)12(9-17)15(11)14-4-3-7-21-14/h3-8,15H,18H2,1-2H3. The maximum Gasteiger partial charge on any atom is 0.205 e. The number of thiophene rings is 1. The van der Waals surface area contributed by atoms with Gasteiger partial charge in [-0.3, -0.25) is 0 Å². The summed E-state index contributed by atoms with van der Waals surface area (Å²) < 4.78 is 5.67. The summed E-state index contributed by atoms with van der Waals surface area (Å²) in [6.45, 7) is 0. The minimum absolute atomic E-state index is 0.144. The predicted octanol–water partition coefficient (Wildman–Crippen LogP) is 3.03. The van der Waals surface area contributed by atoms with Crippen LogP contribution in [-0.2, 0) is 0 Å². The SMILES string of the molecule is CN(C)c1ccc2c(c1)OC(N)=C(C#N)C2c1cccs1. The van der Waals surface area contributed by atoms with Gasteiger partial charge in [0.2, 0.25) is 5.88 Å². The molecule has 4 nitrogen and oxygen atoms in total. The highest BCUT2D eigenvalue weighted by Crippen LogP contribution is 2.44. The number of benzene rings is 1. The van der Waals surface area contributed by atoms with Gasteiger partial charge < -0.3 is 15.4 Å². The Morgan fingerprint density at radius 2 is 2.14 bits per heavy atom. The normalized spacial score (nSPS) is 16.9. The first-order valence-electron chi connectivity index (χ1n) is 6.54. The molecule has 0 spiro atoms. The van der Waals surface area contributed by atoms with Crippen molar-refractivity contribution in [2.45, 2.75) is 5.92 Å². The summed E-state index contributed by atoms with van der Waals surface area (Å²) in [7, 11) is 3.95. The Morgan fingerprint density at radius 3 is 2.76 bits per heavy atom.